The van der Waals surface area contributed by atoms with Crippen LogP contribution in [-0.2, 0) is 11.0 Å². The van der Waals surface area contributed by atoms with Crippen LogP contribution < -0.4 is 15.2 Å². The molecule has 0 radical (unpaired) electrons. The van der Waals surface area contributed by atoms with Crippen molar-refractivity contribution in [3.8, 4) is 5.75 Å². The molecule has 1 N–H and O–H groups in total. The van der Waals surface area contributed by atoms with Crippen LogP contribution in [0.25, 0.3) is 0 Å². The van der Waals surface area contributed by atoms with Gasteiger partial charge in [-0.15, -0.1) is 0 Å². The van der Waals surface area contributed by atoms with Crippen molar-refractivity contribution in [1.82, 2.24) is 0 Å². The molecular formula is C16H11F3NO4-. The molecule has 1 amide bonds. The Morgan fingerprint density at radius 3 is 2.33 bits per heavy atom. The topological polar surface area (TPSA) is 78.5 Å². The van der Waals surface area contributed by atoms with E-state index >= 15 is 0 Å². The highest BCUT2D eigenvalue weighted by Crippen LogP contribution is 2.30. The van der Waals surface area contributed by atoms with E-state index in [1.54, 1.807) is 0 Å². The molecule has 8 heteroatoms. The second-order valence-electron chi connectivity index (χ2n) is 4.72. The summed E-state index contributed by atoms with van der Waals surface area (Å²) in [6, 6.07) is 9.70. The van der Waals surface area contributed by atoms with E-state index in [1.807, 2.05) is 0 Å². The molecule has 0 aromatic heterocycles. The minimum absolute atomic E-state index is 0.00658. The maximum Gasteiger partial charge on any atom is 0.416 e. The largest absolute Gasteiger partial charge is 0.546 e. The summed E-state index contributed by atoms with van der Waals surface area (Å²) in [5.74, 6) is -1.78. The van der Waals surface area contributed by atoms with Crippen molar-refractivity contribution in [1.29, 1.82) is 0 Å². The third kappa shape index (κ3) is 4.73. The Balaban J connectivity index is 2.06. The SMILES string of the molecule is O=C([O-])COc1ccc(C(=O)Nc2cccc(C(F)(F)F)c2)cc1. The summed E-state index contributed by atoms with van der Waals surface area (Å²) < 4.78 is 42.7. The smallest absolute Gasteiger partial charge is 0.416 e. The summed E-state index contributed by atoms with van der Waals surface area (Å²) in [5, 5.41) is 12.6. The van der Waals surface area contributed by atoms with Gasteiger partial charge in [0.25, 0.3) is 5.91 Å². The second kappa shape index (κ2) is 7.03. The van der Waals surface area contributed by atoms with Crippen LogP contribution in [0.1, 0.15) is 15.9 Å². The molecule has 126 valence electrons. The Labute approximate surface area is 134 Å². The number of carbonyl (C=O) groups is 2. The van der Waals surface area contributed by atoms with Gasteiger partial charge in [0, 0.05) is 11.3 Å². The highest BCUT2D eigenvalue weighted by molar-refractivity contribution is 6.04. The van der Waals surface area contributed by atoms with Crippen LogP contribution >= 0.6 is 0 Å². The molecule has 0 saturated heterocycles. The first kappa shape index (κ1) is 17.3. The van der Waals surface area contributed by atoms with Crippen LogP contribution in [0, 0.1) is 0 Å². The molecule has 5 nitrogen and oxygen atoms in total. The molecule has 0 saturated carbocycles. The maximum absolute atomic E-state index is 12.6. The molecule has 0 spiro atoms. The number of benzene rings is 2. The quantitative estimate of drug-likeness (QED) is 0.905. The summed E-state index contributed by atoms with van der Waals surface area (Å²) in [6.45, 7) is -0.629. The van der Waals surface area contributed by atoms with E-state index in [2.05, 4.69) is 5.32 Å². The first-order valence-electron chi connectivity index (χ1n) is 6.67. The van der Waals surface area contributed by atoms with Crippen molar-refractivity contribution in [3.63, 3.8) is 0 Å². The van der Waals surface area contributed by atoms with Gasteiger partial charge in [0.05, 0.1) is 11.5 Å². The predicted octanol–water partition coefficient (Wildman–Crippen LogP) is 2.09. The molecule has 0 fully saturated rings. The van der Waals surface area contributed by atoms with Crippen LogP contribution in [-0.4, -0.2) is 18.5 Å². The summed E-state index contributed by atoms with van der Waals surface area (Å²) in [5.41, 5.74) is -0.688. The third-order valence-corrected chi connectivity index (χ3v) is 2.92. The maximum atomic E-state index is 12.6. The van der Waals surface area contributed by atoms with E-state index in [4.69, 9.17) is 4.74 Å². The second-order valence-corrected chi connectivity index (χ2v) is 4.72. The Bertz CT molecular complexity index is 742. The number of anilines is 1. The molecule has 2 aromatic rings. The number of carbonyl (C=O) groups excluding carboxylic acids is 2. The lowest BCUT2D eigenvalue weighted by molar-refractivity contribution is -0.307. The number of alkyl halides is 3. The van der Waals surface area contributed by atoms with Crippen molar-refractivity contribution in [2.45, 2.75) is 6.18 Å². The number of halogens is 3. The summed E-state index contributed by atoms with van der Waals surface area (Å²) in [4.78, 5) is 22.3. The molecule has 0 bridgehead atoms. The summed E-state index contributed by atoms with van der Waals surface area (Å²) in [6.07, 6.45) is -4.50. The lowest BCUT2D eigenvalue weighted by atomic mass is 10.1. The number of nitrogens with one attached hydrogen (secondary N) is 1. The van der Waals surface area contributed by atoms with Gasteiger partial charge in [-0.05, 0) is 42.5 Å². The first-order valence-corrected chi connectivity index (χ1v) is 6.67. The summed E-state index contributed by atoms with van der Waals surface area (Å²) >= 11 is 0. The molecule has 0 heterocycles. The number of hydrogen-bond donors (Lipinski definition) is 1. The van der Waals surface area contributed by atoms with Gasteiger partial charge in [0.15, 0.2) is 0 Å². The van der Waals surface area contributed by atoms with E-state index in [-0.39, 0.29) is 17.0 Å². The van der Waals surface area contributed by atoms with E-state index in [1.165, 1.54) is 36.4 Å². The van der Waals surface area contributed by atoms with Crippen molar-refractivity contribution < 1.29 is 32.6 Å². The number of ether oxygens (including phenoxy) is 1. The van der Waals surface area contributed by atoms with Gasteiger partial charge in [-0.1, -0.05) is 6.07 Å². The highest BCUT2D eigenvalue weighted by Gasteiger charge is 2.30. The van der Waals surface area contributed by atoms with Gasteiger partial charge in [-0.25, -0.2) is 0 Å². The molecule has 0 unspecified atom stereocenters. The fraction of sp³-hybridized carbons (Fsp3) is 0.125. The number of rotatable bonds is 5. The van der Waals surface area contributed by atoms with E-state index in [9.17, 15) is 27.9 Å². The third-order valence-electron chi connectivity index (χ3n) is 2.92. The Hall–Kier alpha value is -3.03. The molecule has 24 heavy (non-hydrogen) atoms. The van der Waals surface area contributed by atoms with Gasteiger partial charge < -0.3 is 20.0 Å². The Morgan fingerprint density at radius 1 is 1.08 bits per heavy atom. The minimum Gasteiger partial charge on any atom is -0.546 e. The van der Waals surface area contributed by atoms with E-state index in [0.29, 0.717) is 0 Å². The predicted molar refractivity (Wildman–Crippen MR) is 76.3 cm³/mol. The van der Waals surface area contributed by atoms with Gasteiger partial charge in [-0.2, -0.15) is 13.2 Å². The van der Waals surface area contributed by atoms with Crippen molar-refractivity contribution in [3.05, 3.63) is 59.7 Å². The standard InChI is InChI=1S/C16H12F3NO4/c17-16(18,19)11-2-1-3-12(8-11)20-15(23)10-4-6-13(7-5-10)24-9-14(21)22/h1-8H,9H2,(H,20,23)(H,21,22)/p-1. The van der Waals surface area contributed by atoms with Gasteiger partial charge in [-0.3, -0.25) is 4.79 Å². The lowest BCUT2D eigenvalue weighted by Gasteiger charge is -2.10. The van der Waals surface area contributed by atoms with Gasteiger partial charge in [0.1, 0.15) is 12.4 Å². The van der Waals surface area contributed by atoms with Crippen molar-refractivity contribution in [2.24, 2.45) is 0 Å². The van der Waals surface area contributed by atoms with Gasteiger partial charge >= 0.3 is 6.18 Å². The van der Waals surface area contributed by atoms with Crippen LogP contribution in [0.4, 0.5) is 18.9 Å². The fourth-order valence-corrected chi connectivity index (χ4v) is 1.82. The fourth-order valence-electron chi connectivity index (χ4n) is 1.82. The number of hydrogen-bond acceptors (Lipinski definition) is 4. The molecule has 0 aliphatic heterocycles. The van der Waals surface area contributed by atoms with E-state index in [0.717, 1.165) is 12.1 Å². The highest BCUT2D eigenvalue weighted by atomic mass is 19.4. The number of amides is 1. The number of carboxylic acids is 1. The summed E-state index contributed by atoms with van der Waals surface area (Å²) in [7, 11) is 0. The zero-order chi connectivity index (χ0) is 17.7. The number of aliphatic carboxylic acids is 1. The van der Waals surface area contributed by atoms with Crippen molar-refractivity contribution >= 4 is 17.6 Å². The van der Waals surface area contributed by atoms with E-state index < -0.39 is 30.2 Å². The van der Waals surface area contributed by atoms with Crippen LogP contribution in [0.3, 0.4) is 0 Å². The zero-order valence-electron chi connectivity index (χ0n) is 12.1. The molecule has 0 aliphatic carbocycles. The normalized spacial score (nSPS) is 11.0. The molecule has 2 rings (SSSR count). The number of carboxylic acid groups (broad SMARTS) is 1. The van der Waals surface area contributed by atoms with Crippen LogP contribution in [0.15, 0.2) is 48.5 Å². The monoisotopic (exact) mass is 338 g/mol. The van der Waals surface area contributed by atoms with Crippen LogP contribution in [0.2, 0.25) is 0 Å². The zero-order valence-corrected chi connectivity index (χ0v) is 12.1. The van der Waals surface area contributed by atoms with Gasteiger partial charge in [0.2, 0.25) is 0 Å². The lowest BCUT2D eigenvalue weighted by Crippen LogP contribution is -2.28. The average molecular weight is 338 g/mol. The molecule has 0 atom stereocenters. The Kier molecular flexibility index (Phi) is 5.08. The average Bonchev–Trinajstić information content (AvgIpc) is 2.53. The molecule has 2 aromatic carbocycles. The first-order chi connectivity index (χ1) is 11.3. The minimum atomic E-state index is -4.50. The molecular weight excluding hydrogens is 327 g/mol. The Morgan fingerprint density at radius 2 is 1.75 bits per heavy atom. The molecule has 0 aliphatic rings. The van der Waals surface area contributed by atoms with Crippen molar-refractivity contribution in [2.75, 3.05) is 11.9 Å². The van der Waals surface area contributed by atoms with Crippen LogP contribution in [0.5, 0.6) is 5.75 Å².